The second-order valence-electron chi connectivity index (χ2n) is 3.43. The fraction of sp³-hybridized carbons (Fsp3) is 0.364. The number of fused-ring (bicyclic) bond motifs is 1. The van der Waals surface area contributed by atoms with Crippen LogP contribution in [0.5, 0.6) is 5.75 Å². The number of rotatable bonds is 3. The number of aromatic nitrogens is 2. The van der Waals surface area contributed by atoms with Gasteiger partial charge in [0.05, 0.1) is 18.1 Å². The predicted octanol–water partition coefficient (Wildman–Crippen LogP) is 2.01. The van der Waals surface area contributed by atoms with Gasteiger partial charge in [0.2, 0.25) is 0 Å². The Bertz CT molecular complexity index is 465. The third kappa shape index (κ3) is 1.80. The Morgan fingerprint density at radius 3 is 3.00 bits per heavy atom. The van der Waals surface area contributed by atoms with E-state index in [9.17, 15) is 5.11 Å². The topological polar surface area (TPSA) is 58.1 Å². The van der Waals surface area contributed by atoms with E-state index < -0.39 is 6.10 Å². The number of methoxy groups -OCH3 is 1. The van der Waals surface area contributed by atoms with E-state index in [0.717, 1.165) is 16.8 Å². The Balaban J connectivity index is 2.46. The van der Waals surface area contributed by atoms with Crippen molar-refractivity contribution in [1.82, 2.24) is 9.97 Å². The number of imidazole rings is 1. The van der Waals surface area contributed by atoms with Crippen molar-refractivity contribution in [3.05, 3.63) is 24.0 Å². The van der Waals surface area contributed by atoms with Crippen molar-refractivity contribution >= 4 is 11.0 Å². The highest BCUT2D eigenvalue weighted by Crippen LogP contribution is 2.21. The summed E-state index contributed by atoms with van der Waals surface area (Å²) in [6.45, 7) is 1.92. The van der Waals surface area contributed by atoms with Crippen LogP contribution in [0.2, 0.25) is 0 Å². The highest BCUT2D eigenvalue weighted by Gasteiger charge is 2.10. The first-order chi connectivity index (χ1) is 7.24. The van der Waals surface area contributed by atoms with Gasteiger partial charge < -0.3 is 14.8 Å². The number of ether oxygens (including phenoxy) is 1. The fourth-order valence-electron chi connectivity index (χ4n) is 1.49. The third-order valence-corrected chi connectivity index (χ3v) is 2.41. The maximum absolute atomic E-state index is 9.63. The molecule has 0 aliphatic carbocycles. The number of aliphatic hydroxyl groups is 1. The molecule has 0 spiro atoms. The minimum Gasteiger partial charge on any atom is -0.497 e. The molecule has 0 fully saturated rings. The lowest BCUT2D eigenvalue weighted by atomic mass is 10.3. The largest absolute Gasteiger partial charge is 0.497 e. The Labute approximate surface area is 87.9 Å². The molecule has 0 saturated carbocycles. The number of H-pyrrole nitrogens is 1. The van der Waals surface area contributed by atoms with E-state index in [4.69, 9.17) is 4.74 Å². The summed E-state index contributed by atoms with van der Waals surface area (Å²) < 4.78 is 5.11. The first kappa shape index (κ1) is 9.98. The van der Waals surface area contributed by atoms with Gasteiger partial charge in [-0.05, 0) is 18.6 Å². The average molecular weight is 206 g/mol. The molecule has 0 aliphatic heterocycles. The van der Waals surface area contributed by atoms with Crippen molar-refractivity contribution in [1.29, 1.82) is 0 Å². The van der Waals surface area contributed by atoms with Crippen molar-refractivity contribution < 1.29 is 9.84 Å². The van der Waals surface area contributed by atoms with Crippen molar-refractivity contribution in [2.45, 2.75) is 19.4 Å². The van der Waals surface area contributed by atoms with Crippen LogP contribution in [0.4, 0.5) is 0 Å². The van der Waals surface area contributed by atoms with Crippen LogP contribution in [0.1, 0.15) is 25.3 Å². The van der Waals surface area contributed by atoms with Crippen molar-refractivity contribution in [2.75, 3.05) is 7.11 Å². The number of nitrogens with zero attached hydrogens (tertiary/aromatic N) is 1. The SMILES string of the molecule is CCC(O)c1nc2ccc(OC)cc2[nH]1. The van der Waals surface area contributed by atoms with Gasteiger partial charge >= 0.3 is 0 Å². The molecule has 0 aliphatic rings. The third-order valence-electron chi connectivity index (χ3n) is 2.41. The van der Waals surface area contributed by atoms with Crippen LogP contribution in [-0.2, 0) is 0 Å². The lowest BCUT2D eigenvalue weighted by molar-refractivity contribution is 0.165. The van der Waals surface area contributed by atoms with Crippen LogP contribution < -0.4 is 4.74 Å². The normalized spacial score (nSPS) is 13.0. The monoisotopic (exact) mass is 206 g/mol. The van der Waals surface area contributed by atoms with E-state index in [2.05, 4.69) is 9.97 Å². The average Bonchev–Trinajstić information content (AvgIpc) is 2.70. The van der Waals surface area contributed by atoms with Gasteiger partial charge in [0, 0.05) is 6.07 Å². The van der Waals surface area contributed by atoms with Crippen LogP contribution in [0, 0.1) is 0 Å². The lowest BCUT2D eigenvalue weighted by Crippen LogP contribution is -1.96. The van der Waals surface area contributed by atoms with E-state index in [1.54, 1.807) is 7.11 Å². The summed E-state index contributed by atoms with van der Waals surface area (Å²) in [5, 5.41) is 9.63. The molecule has 4 nitrogen and oxygen atoms in total. The molecule has 80 valence electrons. The maximum atomic E-state index is 9.63. The Hall–Kier alpha value is -1.55. The fourth-order valence-corrected chi connectivity index (χ4v) is 1.49. The number of nitrogens with one attached hydrogen (secondary N) is 1. The molecule has 0 amide bonds. The molecular formula is C11H14N2O2. The number of benzene rings is 1. The molecule has 0 saturated heterocycles. The molecule has 0 radical (unpaired) electrons. The summed E-state index contributed by atoms with van der Waals surface area (Å²) in [6, 6.07) is 5.59. The second-order valence-corrected chi connectivity index (χ2v) is 3.43. The van der Waals surface area contributed by atoms with Gasteiger partial charge in [-0.25, -0.2) is 4.98 Å². The molecule has 1 aromatic heterocycles. The molecule has 2 rings (SSSR count). The molecule has 2 aromatic rings. The summed E-state index contributed by atoms with van der Waals surface area (Å²) in [4.78, 5) is 7.38. The Morgan fingerprint density at radius 2 is 2.33 bits per heavy atom. The van der Waals surface area contributed by atoms with Gasteiger partial charge in [-0.15, -0.1) is 0 Å². The Kier molecular flexibility index (Phi) is 2.60. The zero-order valence-electron chi connectivity index (χ0n) is 8.82. The van der Waals surface area contributed by atoms with Gasteiger partial charge in [0.25, 0.3) is 0 Å². The van der Waals surface area contributed by atoms with Gasteiger partial charge in [-0.3, -0.25) is 0 Å². The van der Waals surface area contributed by atoms with Gasteiger partial charge in [-0.2, -0.15) is 0 Å². The van der Waals surface area contributed by atoms with Crippen molar-refractivity contribution in [3.8, 4) is 5.75 Å². The molecule has 1 heterocycles. The van der Waals surface area contributed by atoms with E-state index >= 15 is 0 Å². The number of hydrogen-bond donors (Lipinski definition) is 2. The summed E-state index contributed by atoms with van der Waals surface area (Å²) in [7, 11) is 1.62. The highest BCUT2D eigenvalue weighted by atomic mass is 16.5. The first-order valence-corrected chi connectivity index (χ1v) is 4.96. The van der Waals surface area contributed by atoms with Crippen LogP contribution in [-0.4, -0.2) is 22.2 Å². The highest BCUT2D eigenvalue weighted by molar-refractivity contribution is 5.76. The van der Waals surface area contributed by atoms with Gasteiger partial charge in [-0.1, -0.05) is 6.92 Å². The summed E-state index contributed by atoms with van der Waals surface area (Å²) in [5.74, 6) is 1.39. The molecule has 4 heteroatoms. The van der Waals surface area contributed by atoms with E-state index in [0.29, 0.717) is 12.2 Å². The quantitative estimate of drug-likeness (QED) is 0.807. The van der Waals surface area contributed by atoms with E-state index in [-0.39, 0.29) is 0 Å². The van der Waals surface area contributed by atoms with Crippen LogP contribution in [0.25, 0.3) is 11.0 Å². The molecular weight excluding hydrogens is 192 g/mol. The summed E-state index contributed by atoms with van der Waals surface area (Å²) >= 11 is 0. The number of aromatic amines is 1. The van der Waals surface area contributed by atoms with E-state index in [1.807, 2.05) is 25.1 Å². The van der Waals surface area contributed by atoms with Crippen LogP contribution in [0.3, 0.4) is 0 Å². The van der Waals surface area contributed by atoms with Crippen LogP contribution >= 0.6 is 0 Å². The minimum atomic E-state index is -0.525. The molecule has 2 N–H and O–H groups in total. The van der Waals surface area contributed by atoms with Crippen molar-refractivity contribution in [2.24, 2.45) is 0 Å². The second kappa shape index (κ2) is 3.90. The van der Waals surface area contributed by atoms with Crippen molar-refractivity contribution in [3.63, 3.8) is 0 Å². The molecule has 0 bridgehead atoms. The Morgan fingerprint density at radius 1 is 1.53 bits per heavy atom. The first-order valence-electron chi connectivity index (χ1n) is 4.96. The van der Waals surface area contributed by atoms with Gasteiger partial charge in [0.1, 0.15) is 17.7 Å². The smallest absolute Gasteiger partial charge is 0.136 e. The standard InChI is InChI=1S/C11H14N2O2/c1-3-10(14)11-12-8-5-4-7(15-2)6-9(8)13-11/h4-6,10,14H,3H2,1-2H3,(H,12,13). The maximum Gasteiger partial charge on any atom is 0.136 e. The molecule has 1 unspecified atom stereocenters. The molecule has 1 aromatic carbocycles. The summed E-state index contributed by atoms with van der Waals surface area (Å²) in [6.07, 6.45) is 0.125. The lowest BCUT2D eigenvalue weighted by Gasteiger charge is -2.01. The zero-order valence-corrected chi connectivity index (χ0v) is 8.82. The predicted molar refractivity (Wildman–Crippen MR) is 57.9 cm³/mol. The number of aliphatic hydroxyl groups excluding tert-OH is 1. The zero-order chi connectivity index (χ0) is 10.8. The minimum absolute atomic E-state index is 0.525. The van der Waals surface area contributed by atoms with Gasteiger partial charge in [0.15, 0.2) is 0 Å². The molecule has 15 heavy (non-hydrogen) atoms. The number of hydrogen-bond acceptors (Lipinski definition) is 3. The summed E-state index contributed by atoms with van der Waals surface area (Å²) in [5.41, 5.74) is 1.73. The molecule has 1 atom stereocenters. The van der Waals surface area contributed by atoms with Crippen LogP contribution in [0.15, 0.2) is 18.2 Å². The van der Waals surface area contributed by atoms with E-state index in [1.165, 1.54) is 0 Å².